The molecule has 0 saturated heterocycles. The van der Waals surface area contributed by atoms with Crippen LogP contribution < -0.4 is 10.6 Å². The van der Waals surface area contributed by atoms with Gasteiger partial charge in [0.05, 0.1) is 0 Å². The van der Waals surface area contributed by atoms with Gasteiger partial charge in [-0.05, 0) is 38.0 Å². The Bertz CT molecular complexity index is 363. The molecule has 0 heterocycles. The van der Waals surface area contributed by atoms with Gasteiger partial charge in [0.1, 0.15) is 0 Å². The maximum absolute atomic E-state index is 11.6. The van der Waals surface area contributed by atoms with E-state index in [-0.39, 0.29) is 5.91 Å². The molecule has 3 nitrogen and oxygen atoms in total. The molecule has 1 aromatic carbocycles. The van der Waals surface area contributed by atoms with E-state index in [2.05, 4.69) is 24.5 Å². The third kappa shape index (κ3) is 5.50. The molecule has 17 heavy (non-hydrogen) atoms. The predicted octanol–water partition coefficient (Wildman–Crippen LogP) is 2.71. The minimum Gasteiger partial charge on any atom is -0.326 e. The van der Waals surface area contributed by atoms with Gasteiger partial charge < -0.3 is 10.6 Å². The van der Waals surface area contributed by atoms with Crippen molar-refractivity contribution in [2.45, 2.75) is 39.7 Å². The Morgan fingerprint density at radius 3 is 2.82 bits per heavy atom. The fourth-order valence-corrected chi connectivity index (χ4v) is 1.52. The van der Waals surface area contributed by atoms with Gasteiger partial charge in [-0.1, -0.05) is 19.1 Å². The van der Waals surface area contributed by atoms with Crippen LogP contribution in [0.1, 0.15) is 32.3 Å². The van der Waals surface area contributed by atoms with E-state index in [1.165, 1.54) is 0 Å². The highest BCUT2D eigenvalue weighted by Crippen LogP contribution is 2.09. The van der Waals surface area contributed by atoms with E-state index in [1.807, 2.05) is 31.2 Å². The summed E-state index contributed by atoms with van der Waals surface area (Å²) < 4.78 is 0. The van der Waals surface area contributed by atoms with Crippen LogP contribution in [0.5, 0.6) is 0 Å². The molecule has 0 spiro atoms. The Morgan fingerprint density at radius 1 is 1.41 bits per heavy atom. The van der Waals surface area contributed by atoms with Crippen LogP contribution in [0.15, 0.2) is 24.3 Å². The van der Waals surface area contributed by atoms with Crippen LogP contribution >= 0.6 is 0 Å². The zero-order valence-corrected chi connectivity index (χ0v) is 10.9. The topological polar surface area (TPSA) is 41.1 Å². The monoisotopic (exact) mass is 234 g/mol. The van der Waals surface area contributed by atoms with E-state index in [0.29, 0.717) is 12.5 Å². The van der Waals surface area contributed by atoms with Gasteiger partial charge in [0, 0.05) is 24.7 Å². The summed E-state index contributed by atoms with van der Waals surface area (Å²) in [7, 11) is 0. The smallest absolute Gasteiger partial charge is 0.225 e. The Balaban J connectivity index is 2.30. The summed E-state index contributed by atoms with van der Waals surface area (Å²) in [6.45, 7) is 7.00. The van der Waals surface area contributed by atoms with Crippen LogP contribution in [0.3, 0.4) is 0 Å². The molecule has 1 rings (SSSR count). The molecule has 2 N–H and O–H groups in total. The first-order valence-electron chi connectivity index (χ1n) is 6.21. The zero-order chi connectivity index (χ0) is 12.7. The van der Waals surface area contributed by atoms with Crippen molar-refractivity contribution in [3.8, 4) is 0 Å². The van der Waals surface area contributed by atoms with E-state index >= 15 is 0 Å². The number of rotatable bonds is 6. The molecule has 0 aliphatic carbocycles. The lowest BCUT2D eigenvalue weighted by molar-refractivity contribution is -0.116. The molecule has 3 heteroatoms. The molecule has 1 atom stereocenters. The lowest BCUT2D eigenvalue weighted by Crippen LogP contribution is -2.28. The number of anilines is 1. The second-order valence-corrected chi connectivity index (χ2v) is 4.43. The zero-order valence-electron chi connectivity index (χ0n) is 10.9. The van der Waals surface area contributed by atoms with Gasteiger partial charge in [-0.15, -0.1) is 0 Å². The fraction of sp³-hybridized carbons (Fsp3) is 0.500. The summed E-state index contributed by atoms with van der Waals surface area (Å²) in [6, 6.07) is 8.32. The number of amides is 1. The van der Waals surface area contributed by atoms with Gasteiger partial charge in [0.2, 0.25) is 5.91 Å². The molecule has 0 saturated carbocycles. The standard InChI is InChI=1S/C14H22N2O/c1-4-12(3)15-9-8-14(17)16-13-7-5-6-11(2)10-13/h5-7,10,12,15H,4,8-9H2,1-3H3,(H,16,17). The van der Waals surface area contributed by atoms with Gasteiger partial charge in [0.25, 0.3) is 0 Å². The first kappa shape index (κ1) is 13.7. The number of benzene rings is 1. The van der Waals surface area contributed by atoms with Crippen molar-refractivity contribution in [1.29, 1.82) is 0 Å². The highest BCUT2D eigenvalue weighted by molar-refractivity contribution is 5.90. The molecular formula is C14H22N2O. The van der Waals surface area contributed by atoms with E-state index < -0.39 is 0 Å². The van der Waals surface area contributed by atoms with Crippen LogP contribution in [0.2, 0.25) is 0 Å². The SMILES string of the molecule is CCC(C)NCCC(=O)Nc1cccc(C)c1. The Hall–Kier alpha value is -1.35. The highest BCUT2D eigenvalue weighted by atomic mass is 16.1. The van der Waals surface area contributed by atoms with E-state index in [0.717, 1.165) is 24.2 Å². The average Bonchev–Trinajstić information content (AvgIpc) is 2.28. The van der Waals surface area contributed by atoms with Crippen molar-refractivity contribution in [2.24, 2.45) is 0 Å². The third-order valence-electron chi connectivity index (χ3n) is 2.76. The predicted molar refractivity (Wildman–Crippen MR) is 72.2 cm³/mol. The summed E-state index contributed by atoms with van der Waals surface area (Å²) in [5, 5.41) is 6.20. The molecule has 1 unspecified atom stereocenters. The van der Waals surface area contributed by atoms with Crippen LogP contribution in [-0.2, 0) is 4.79 Å². The maximum Gasteiger partial charge on any atom is 0.225 e. The van der Waals surface area contributed by atoms with Gasteiger partial charge in [0.15, 0.2) is 0 Å². The largest absolute Gasteiger partial charge is 0.326 e. The minimum absolute atomic E-state index is 0.0615. The van der Waals surface area contributed by atoms with Gasteiger partial charge in [-0.3, -0.25) is 4.79 Å². The minimum atomic E-state index is 0.0615. The molecule has 94 valence electrons. The second-order valence-electron chi connectivity index (χ2n) is 4.43. The third-order valence-corrected chi connectivity index (χ3v) is 2.76. The molecule has 1 aromatic rings. The lowest BCUT2D eigenvalue weighted by Gasteiger charge is -2.11. The average molecular weight is 234 g/mol. The molecule has 0 fully saturated rings. The summed E-state index contributed by atoms with van der Waals surface area (Å²) in [6.07, 6.45) is 1.60. The van der Waals surface area contributed by atoms with E-state index in [1.54, 1.807) is 0 Å². The van der Waals surface area contributed by atoms with Crippen LogP contribution in [0, 0.1) is 6.92 Å². The molecule has 0 aliphatic rings. The quantitative estimate of drug-likeness (QED) is 0.794. The molecule has 0 bridgehead atoms. The number of aryl methyl sites for hydroxylation is 1. The Kier molecular flexibility index (Phi) is 5.70. The van der Waals surface area contributed by atoms with Crippen LogP contribution in [-0.4, -0.2) is 18.5 Å². The van der Waals surface area contributed by atoms with Crippen molar-refractivity contribution in [1.82, 2.24) is 5.32 Å². The second kappa shape index (κ2) is 7.07. The first-order chi connectivity index (χ1) is 8.11. The van der Waals surface area contributed by atoms with Gasteiger partial charge in [-0.25, -0.2) is 0 Å². The van der Waals surface area contributed by atoms with Crippen molar-refractivity contribution >= 4 is 11.6 Å². The molecular weight excluding hydrogens is 212 g/mol. The van der Waals surface area contributed by atoms with Crippen molar-refractivity contribution in [2.75, 3.05) is 11.9 Å². The fourth-order valence-electron chi connectivity index (χ4n) is 1.52. The maximum atomic E-state index is 11.6. The van der Waals surface area contributed by atoms with Crippen LogP contribution in [0.25, 0.3) is 0 Å². The molecule has 0 aliphatic heterocycles. The normalized spacial score (nSPS) is 12.2. The highest BCUT2D eigenvalue weighted by Gasteiger charge is 2.03. The van der Waals surface area contributed by atoms with Crippen molar-refractivity contribution in [3.05, 3.63) is 29.8 Å². The Morgan fingerprint density at radius 2 is 2.18 bits per heavy atom. The number of carbonyl (C=O) groups excluding carboxylic acids is 1. The molecule has 0 radical (unpaired) electrons. The summed E-state index contributed by atoms with van der Waals surface area (Å²) in [5.74, 6) is 0.0615. The summed E-state index contributed by atoms with van der Waals surface area (Å²) in [5.41, 5.74) is 2.03. The number of carbonyl (C=O) groups is 1. The molecule has 1 amide bonds. The summed E-state index contributed by atoms with van der Waals surface area (Å²) >= 11 is 0. The number of nitrogens with one attached hydrogen (secondary N) is 2. The lowest BCUT2D eigenvalue weighted by atomic mass is 10.2. The van der Waals surface area contributed by atoms with E-state index in [4.69, 9.17) is 0 Å². The number of hydrogen-bond donors (Lipinski definition) is 2. The first-order valence-corrected chi connectivity index (χ1v) is 6.21. The van der Waals surface area contributed by atoms with Gasteiger partial charge >= 0.3 is 0 Å². The Labute approximate surface area is 104 Å². The van der Waals surface area contributed by atoms with Crippen molar-refractivity contribution in [3.63, 3.8) is 0 Å². The van der Waals surface area contributed by atoms with Crippen LogP contribution in [0.4, 0.5) is 5.69 Å². The molecule has 0 aromatic heterocycles. The van der Waals surface area contributed by atoms with Gasteiger partial charge in [-0.2, -0.15) is 0 Å². The van der Waals surface area contributed by atoms with E-state index in [9.17, 15) is 4.79 Å². The van der Waals surface area contributed by atoms with Crippen molar-refractivity contribution < 1.29 is 4.79 Å². The summed E-state index contributed by atoms with van der Waals surface area (Å²) in [4.78, 5) is 11.6. The number of hydrogen-bond acceptors (Lipinski definition) is 2.